The van der Waals surface area contributed by atoms with Gasteiger partial charge < -0.3 is 10.1 Å². The van der Waals surface area contributed by atoms with E-state index in [1.165, 1.54) is 23.9 Å². The molecule has 0 heterocycles. The van der Waals surface area contributed by atoms with Crippen LogP contribution in [0.4, 0.5) is 4.39 Å². The molecule has 0 aliphatic carbocycles. The first-order chi connectivity index (χ1) is 8.72. The minimum atomic E-state index is -0.264. The Morgan fingerprint density at radius 2 is 2.11 bits per heavy atom. The van der Waals surface area contributed by atoms with Gasteiger partial charge in [0.2, 0.25) is 5.91 Å². The van der Waals surface area contributed by atoms with Gasteiger partial charge in [-0.25, -0.2) is 4.39 Å². The summed E-state index contributed by atoms with van der Waals surface area (Å²) >= 11 is 1.40. The second-order valence-corrected chi connectivity index (χ2v) is 4.69. The standard InChI is InChI=1S/C13H18FNO2S/c1-2-17-9-3-8-15-13(16)10-18-12-6-4-11(14)5-7-12/h4-7H,2-3,8-10H2,1H3,(H,15,16). The summed E-state index contributed by atoms with van der Waals surface area (Å²) in [6.07, 6.45) is 0.820. The molecule has 100 valence electrons. The van der Waals surface area contributed by atoms with E-state index in [2.05, 4.69) is 5.32 Å². The molecule has 3 nitrogen and oxygen atoms in total. The molecule has 0 atom stereocenters. The lowest BCUT2D eigenvalue weighted by molar-refractivity contribution is -0.118. The van der Waals surface area contributed by atoms with E-state index < -0.39 is 0 Å². The Kier molecular flexibility index (Phi) is 7.44. The topological polar surface area (TPSA) is 38.3 Å². The van der Waals surface area contributed by atoms with Crippen molar-refractivity contribution >= 4 is 17.7 Å². The van der Waals surface area contributed by atoms with Crippen LogP contribution < -0.4 is 5.32 Å². The highest BCUT2D eigenvalue weighted by atomic mass is 32.2. The number of thioether (sulfide) groups is 1. The number of ether oxygens (including phenoxy) is 1. The van der Waals surface area contributed by atoms with Crippen molar-refractivity contribution in [3.8, 4) is 0 Å². The van der Waals surface area contributed by atoms with Crippen molar-refractivity contribution in [2.75, 3.05) is 25.5 Å². The number of rotatable bonds is 8. The molecule has 0 aliphatic heterocycles. The fourth-order valence-corrected chi connectivity index (χ4v) is 2.01. The van der Waals surface area contributed by atoms with Gasteiger partial charge in [0.15, 0.2) is 0 Å². The highest BCUT2D eigenvalue weighted by molar-refractivity contribution is 8.00. The van der Waals surface area contributed by atoms with Gasteiger partial charge in [-0.05, 0) is 37.6 Å². The van der Waals surface area contributed by atoms with Crippen LogP contribution in [0.1, 0.15) is 13.3 Å². The third-order valence-corrected chi connectivity index (χ3v) is 3.19. The minimum absolute atomic E-state index is 0.0131. The van der Waals surface area contributed by atoms with Crippen LogP contribution in [0.25, 0.3) is 0 Å². The fourth-order valence-electron chi connectivity index (χ4n) is 1.28. The monoisotopic (exact) mass is 271 g/mol. The summed E-state index contributed by atoms with van der Waals surface area (Å²) < 4.78 is 17.8. The van der Waals surface area contributed by atoms with E-state index in [-0.39, 0.29) is 11.7 Å². The number of halogens is 1. The molecule has 1 rings (SSSR count). The van der Waals surface area contributed by atoms with Gasteiger partial charge in [-0.1, -0.05) is 0 Å². The van der Waals surface area contributed by atoms with Crippen LogP contribution in [0, 0.1) is 5.82 Å². The normalized spacial score (nSPS) is 10.3. The lowest BCUT2D eigenvalue weighted by Gasteiger charge is -2.05. The summed E-state index contributed by atoms with van der Waals surface area (Å²) in [6.45, 7) is 3.94. The number of hydrogen-bond donors (Lipinski definition) is 1. The second kappa shape index (κ2) is 8.94. The molecule has 1 N–H and O–H groups in total. The molecule has 0 saturated heterocycles. The van der Waals surface area contributed by atoms with Gasteiger partial charge in [-0.2, -0.15) is 0 Å². The molecule has 0 radical (unpaired) electrons. The predicted octanol–water partition coefficient (Wildman–Crippen LogP) is 2.46. The van der Waals surface area contributed by atoms with E-state index in [9.17, 15) is 9.18 Å². The summed E-state index contributed by atoms with van der Waals surface area (Å²) in [6, 6.07) is 6.12. The van der Waals surface area contributed by atoms with Gasteiger partial charge in [0.25, 0.3) is 0 Å². The summed E-state index contributed by atoms with van der Waals surface area (Å²) in [7, 11) is 0. The fraction of sp³-hybridized carbons (Fsp3) is 0.462. The molecule has 5 heteroatoms. The largest absolute Gasteiger partial charge is 0.382 e. The van der Waals surface area contributed by atoms with Crippen LogP contribution in [-0.4, -0.2) is 31.4 Å². The smallest absolute Gasteiger partial charge is 0.230 e. The molecule has 0 spiro atoms. The van der Waals surface area contributed by atoms with Crippen LogP contribution in [0.3, 0.4) is 0 Å². The van der Waals surface area contributed by atoms with Crippen molar-refractivity contribution < 1.29 is 13.9 Å². The average Bonchev–Trinajstić information content (AvgIpc) is 2.38. The number of nitrogens with one attached hydrogen (secondary N) is 1. The van der Waals surface area contributed by atoms with Crippen molar-refractivity contribution in [1.82, 2.24) is 5.32 Å². The highest BCUT2D eigenvalue weighted by Crippen LogP contribution is 2.17. The van der Waals surface area contributed by atoms with E-state index in [1.54, 1.807) is 12.1 Å². The van der Waals surface area contributed by atoms with Crippen molar-refractivity contribution in [2.24, 2.45) is 0 Å². The Morgan fingerprint density at radius 3 is 2.78 bits per heavy atom. The van der Waals surface area contributed by atoms with Gasteiger partial charge >= 0.3 is 0 Å². The Bertz CT molecular complexity index is 357. The molecular formula is C13H18FNO2S. The Labute approximate surface area is 111 Å². The van der Waals surface area contributed by atoms with Crippen LogP contribution in [-0.2, 0) is 9.53 Å². The summed E-state index contributed by atoms with van der Waals surface area (Å²) in [5, 5.41) is 2.81. The van der Waals surface area contributed by atoms with Crippen molar-refractivity contribution in [1.29, 1.82) is 0 Å². The summed E-state index contributed by atoms with van der Waals surface area (Å²) in [5.74, 6) is 0.0702. The minimum Gasteiger partial charge on any atom is -0.382 e. The van der Waals surface area contributed by atoms with Gasteiger partial charge in [0.05, 0.1) is 5.75 Å². The van der Waals surface area contributed by atoms with Crippen LogP contribution in [0.2, 0.25) is 0 Å². The number of benzene rings is 1. The molecule has 1 aromatic rings. The maximum Gasteiger partial charge on any atom is 0.230 e. The van der Waals surface area contributed by atoms with Gasteiger partial charge in [-0.15, -0.1) is 11.8 Å². The van der Waals surface area contributed by atoms with Crippen LogP contribution in [0.15, 0.2) is 29.2 Å². The summed E-state index contributed by atoms with van der Waals surface area (Å²) in [5.41, 5.74) is 0. The van der Waals surface area contributed by atoms with E-state index in [1.807, 2.05) is 6.92 Å². The third kappa shape index (κ3) is 6.61. The molecule has 0 aromatic heterocycles. The van der Waals surface area contributed by atoms with E-state index >= 15 is 0 Å². The number of carbonyl (C=O) groups excluding carboxylic acids is 1. The molecule has 1 aromatic carbocycles. The van der Waals surface area contributed by atoms with E-state index in [4.69, 9.17) is 4.74 Å². The first-order valence-electron chi connectivity index (χ1n) is 5.95. The zero-order chi connectivity index (χ0) is 13.2. The maximum absolute atomic E-state index is 12.7. The molecule has 0 bridgehead atoms. The zero-order valence-corrected chi connectivity index (χ0v) is 11.3. The number of carbonyl (C=O) groups is 1. The quantitative estimate of drug-likeness (QED) is 0.583. The first kappa shape index (κ1) is 15.0. The van der Waals surface area contributed by atoms with E-state index in [0.717, 1.165) is 11.3 Å². The Balaban J connectivity index is 2.11. The Morgan fingerprint density at radius 1 is 1.39 bits per heavy atom. The zero-order valence-electron chi connectivity index (χ0n) is 10.4. The molecule has 0 fully saturated rings. The van der Waals surface area contributed by atoms with Crippen LogP contribution >= 0.6 is 11.8 Å². The van der Waals surface area contributed by atoms with E-state index in [0.29, 0.717) is 25.5 Å². The molecule has 1 amide bonds. The highest BCUT2D eigenvalue weighted by Gasteiger charge is 2.02. The molecule has 0 unspecified atom stereocenters. The van der Waals surface area contributed by atoms with Crippen molar-refractivity contribution in [2.45, 2.75) is 18.2 Å². The van der Waals surface area contributed by atoms with Crippen molar-refractivity contribution in [3.05, 3.63) is 30.1 Å². The van der Waals surface area contributed by atoms with Gasteiger partial charge in [0, 0.05) is 24.7 Å². The molecule has 18 heavy (non-hydrogen) atoms. The number of hydrogen-bond acceptors (Lipinski definition) is 3. The second-order valence-electron chi connectivity index (χ2n) is 3.64. The third-order valence-electron chi connectivity index (χ3n) is 2.18. The molecular weight excluding hydrogens is 253 g/mol. The molecule has 0 saturated carbocycles. The lowest BCUT2D eigenvalue weighted by atomic mass is 10.4. The number of amides is 1. The SMILES string of the molecule is CCOCCCNC(=O)CSc1ccc(F)cc1. The Hall–Kier alpha value is -1.07. The van der Waals surface area contributed by atoms with Crippen molar-refractivity contribution in [3.63, 3.8) is 0 Å². The predicted molar refractivity (Wildman–Crippen MR) is 71.2 cm³/mol. The van der Waals surface area contributed by atoms with Gasteiger partial charge in [0.1, 0.15) is 5.82 Å². The first-order valence-corrected chi connectivity index (χ1v) is 6.93. The summed E-state index contributed by atoms with van der Waals surface area (Å²) in [4.78, 5) is 12.4. The average molecular weight is 271 g/mol. The van der Waals surface area contributed by atoms with Gasteiger partial charge in [-0.3, -0.25) is 4.79 Å². The lowest BCUT2D eigenvalue weighted by Crippen LogP contribution is -2.26. The van der Waals surface area contributed by atoms with Crippen LogP contribution in [0.5, 0.6) is 0 Å². The maximum atomic E-state index is 12.7. The molecule has 0 aliphatic rings.